The molecular formula is C7H5BrCl2FN. The van der Waals surface area contributed by atoms with Crippen LogP contribution in [0.4, 0.5) is 4.39 Å². The number of alkyl halides is 1. The molecule has 0 atom stereocenters. The molecule has 5 heteroatoms. The van der Waals surface area contributed by atoms with Gasteiger partial charge in [-0.3, -0.25) is 0 Å². The van der Waals surface area contributed by atoms with Gasteiger partial charge in [-0.25, -0.2) is 9.37 Å². The zero-order valence-corrected chi connectivity index (χ0v) is 9.26. The third-order valence-corrected chi connectivity index (χ3v) is 2.67. The fraction of sp³-hybridized carbons (Fsp3) is 0.286. The van der Waals surface area contributed by atoms with E-state index in [-0.39, 0.29) is 10.3 Å². The summed E-state index contributed by atoms with van der Waals surface area (Å²) in [7, 11) is 0. The van der Waals surface area contributed by atoms with Crippen LogP contribution >= 0.6 is 39.1 Å². The molecule has 1 rings (SSSR count). The zero-order valence-electron chi connectivity index (χ0n) is 6.17. The van der Waals surface area contributed by atoms with Crippen molar-refractivity contribution in [2.45, 2.75) is 12.3 Å². The lowest BCUT2D eigenvalue weighted by Gasteiger charge is -2.05. The molecule has 0 spiro atoms. The largest absolute Gasteiger partial charge is 0.221 e. The van der Waals surface area contributed by atoms with E-state index >= 15 is 0 Å². The van der Waals surface area contributed by atoms with Crippen molar-refractivity contribution >= 4 is 39.1 Å². The summed E-state index contributed by atoms with van der Waals surface area (Å²) >= 11 is 14.4. The van der Waals surface area contributed by atoms with Crippen LogP contribution in [0.5, 0.6) is 0 Å². The van der Waals surface area contributed by atoms with Crippen LogP contribution in [0, 0.1) is 12.7 Å². The lowest BCUT2D eigenvalue weighted by molar-refractivity contribution is 0.610. The van der Waals surface area contributed by atoms with E-state index in [0.717, 1.165) is 0 Å². The minimum Gasteiger partial charge on any atom is -0.221 e. The Balaban J connectivity index is 3.40. The van der Waals surface area contributed by atoms with Crippen molar-refractivity contribution in [1.82, 2.24) is 4.98 Å². The first-order valence-corrected chi connectivity index (χ1v) is 5.01. The minimum atomic E-state index is -0.504. The van der Waals surface area contributed by atoms with E-state index in [1.807, 2.05) is 0 Å². The summed E-state index contributed by atoms with van der Waals surface area (Å²) < 4.78 is 13.1. The minimum absolute atomic E-state index is 0.179. The molecule has 0 fully saturated rings. The Kier molecular flexibility index (Phi) is 3.32. The topological polar surface area (TPSA) is 12.9 Å². The summed E-state index contributed by atoms with van der Waals surface area (Å²) in [5, 5.41) is 0.539. The molecule has 1 heterocycles. The summed E-state index contributed by atoms with van der Waals surface area (Å²) in [5.41, 5.74) is 1.08. The van der Waals surface area contributed by atoms with Crippen molar-refractivity contribution in [3.8, 4) is 0 Å². The highest BCUT2D eigenvalue weighted by atomic mass is 79.9. The highest BCUT2D eigenvalue weighted by Gasteiger charge is 2.13. The van der Waals surface area contributed by atoms with Gasteiger partial charge in [-0.15, -0.1) is 0 Å². The predicted octanol–water partition coefficient (Wildman–Crippen LogP) is 3.73. The van der Waals surface area contributed by atoms with Crippen LogP contribution in [0.1, 0.15) is 11.1 Å². The quantitative estimate of drug-likeness (QED) is 0.561. The summed E-state index contributed by atoms with van der Waals surface area (Å²) in [4.78, 5) is 3.63. The van der Waals surface area contributed by atoms with Gasteiger partial charge >= 0.3 is 0 Å². The molecular weight excluding hydrogens is 268 g/mol. The van der Waals surface area contributed by atoms with Crippen LogP contribution in [0.25, 0.3) is 0 Å². The summed E-state index contributed by atoms with van der Waals surface area (Å²) in [6.07, 6.45) is 0. The Morgan fingerprint density at radius 1 is 1.42 bits per heavy atom. The number of aromatic nitrogens is 1. The van der Waals surface area contributed by atoms with E-state index in [4.69, 9.17) is 23.2 Å². The Hall–Kier alpha value is 0.140. The lowest BCUT2D eigenvalue weighted by atomic mass is 10.2. The Morgan fingerprint density at radius 3 is 2.50 bits per heavy atom. The first-order chi connectivity index (χ1) is 5.57. The van der Waals surface area contributed by atoms with Crippen molar-refractivity contribution in [3.63, 3.8) is 0 Å². The molecule has 0 aliphatic carbocycles. The van der Waals surface area contributed by atoms with Gasteiger partial charge in [0.25, 0.3) is 0 Å². The van der Waals surface area contributed by atoms with Crippen molar-refractivity contribution in [2.75, 3.05) is 0 Å². The maximum atomic E-state index is 13.1. The normalized spacial score (nSPS) is 10.4. The summed E-state index contributed by atoms with van der Waals surface area (Å²) in [6, 6.07) is 0. The van der Waals surface area contributed by atoms with Gasteiger partial charge in [-0.1, -0.05) is 39.1 Å². The summed E-state index contributed by atoms with van der Waals surface area (Å²) in [5.74, 6) is -0.504. The van der Waals surface area contributed by atoms with E-state index in [1.165, 1.54) is 0 Å². The predicted molar refractivity (Wildman–Crippen MR) is 51.6 cm³/mol. The Bertz CT molecular complexity index is 317. The number of nitrogens with zero attached hydrogens (tertiary/aromatic N) is 1. The second-order valence-corrected chi connectivity index (χ2v) is 3.52. The van der Waals surface area contributed by atoms with E-state index in [9.17, 15) is 4.39 Å². The van der Waals surface area contributed by atoms with Crippen LogP contribution in [-0.4, -0.2) is 4.98 Å². The first kappa shape index (κ1) is 10.2. The van der Waals surface area contributed by atoms with E-state index in [0.29, 0.717) is 16.5 Å². The van der Waals surface area contributed by atoms with Crippen LogP contribution in [-0.2, 0) is 5.33 Å². The number of pyridine rings is 1. The molecule has 0 aliphatic heterocycles. The van der Waals surface area contributed by atoms with E-state index in [2.05, 4.69) is 20.9 Å². The lowest BCUT2D eigenvalue weighted by Crippen LogP contribution is -1.96. The van der Waals surface area contributed by atoms with E-state index < -0.39 is 5.82 Å². The molecule has 0 N–H and O–H groups in total. The van der Waals surface area contributed by atoms with Crippen molar-refractivity contribution in [2.24, 2.45) is 0 Å². The molecule has 12 heavy (non-hydrogen) atoms. The average Bonchev–Trinajstić information content (AvgIpc) is 2.01. The molecule has 0 amide bonds. The van der Waals surface area contributed by atoms with Gasteiger partial charge in [-0.2, -0.15) is 0 Å². The Morgan fingerprint density at radius 2 is 2.00 bits per heavy atom. The van der Waals surface area contributed by atoms with Gasteiger partial charge in [0.1, 0.15) is 5.15 Å². The third-order valence-electron chi connectivity index (χ3n) is 1.54. The van der Waals surface area contributed by atoms with E-state index in [1.54, 1.807) is 6.92 Å². The molecule has 0 saturated heterocycles. The van der Waals surface area contributed by atoms with Gasteiger partial charge in [-0.05, 0) is 12.5 Å². The van der Waals surface area contributed by atoms with Crippen LogP contribution in [0.15, 0.2) is 0 Å². The highest BCUT2D eigenvalue weighted by molar-refractivity contribution is 9.08. The number of rotatable bonds is 1. The molecule has 0 aliphatic rings. The van der Waals surface area contributed by atoms with Gasteiger partial charge in [0, 0.05) is 10.9 Å². The van der Waals surface area contributed by atoms with Gasteiger partial charge < -0.3 is 0 Å². The smallest absolute Gasteiger partial charge is 0.166 e. The molecule has 0 unspecified atom stereocenters. The summed E-state index contributed by atoms with van der Waals surface area (Å²) in [6.45, 7) is 1.62. The van der Waals surface area contributed by atoms with Gasteiger partial charge in [0.15, 0.2) is 11.0 Å². The number of halogens is 4. The molecule has 0 bridgehead atoms. The third kappa shape index (κ3) is 1.73. The van der Waals surface area contributed by atoms with Gasteiger partial charge in [0.2, 0.25) is 0 Å². The standard InChI is InChI=1S/C7H5BrCl2FN/c1-3-4(2-8)6(9)12-7(10)5(3)11/h2H2,1H3. The SMILES string of the molecule is Cc1c(F)c(Cl)nc(Cl)c1CBr. The van der Waals surface area contributed by atoms with Crippen molar-refractivity contribution in [1.29, 1.82) is 0 Å². The molecule has 0 aromatic carbocycles. The molecule has 1 aromatic heterocycles. The van der Waals surface area contributed by atoms with Gasteiger partial charge in [0.05, 0.1) is 0 Å². The average molecular weight is 273 g/mol. The van der Waals surface area contributed by atoms with Crippen LogP contribution in [0.2, 0.25) is 10.3 Å². The van der Waals surface area contributed by atoms with Crippen LogP contribution in [0.3, 0.4) is 0 Å². The van der Waals surface area contributed by atoms with Crippen molar-refractivity contribution in [3.05, 3.63) is 27.3 Å². The maximum absolute atomic E-state index is 13.1. The number of hydrogen-bond acceptors (Lipinski definition) is 1. The number of hydrogen-bond donors (Lipinski definition) is 0. The molecule has 1 nitrogen and oxygen atoms in total. The maximum Gasteiger partial charge on any atom is 0.166 e. The molecule has 1 aromatic rings. The Labute approximate surface area is 88.0 Å². The van der Waals surface area contributed by atoms with Crippen molar-refractivity contribution < 1.29 is 4.39 Å². The fourth-order valence-electron chi connectivity index (χ4n) is 0.800. The fourth-order valence-corrected chi connectivity index (χ4v) is 2.21. The molecule has 66 valence electrons. The van der Waals surface area contributed by atoms with Crippen LogP contribution < -0.4 is 0 Å². The highest BCUT2D eigenvalue weighted by Crippen LogP contribution is 2.26. The molecule has 0 saturated carbocycles. The molecule has 0 radical (unpaired) electrons. The second kappa shape index (κ2) is 3.90. The second-order valence-electron chi connectivity index (χ2n) is 2.24. The zero-order chi connectivity index (χ0) is 9.30. The monoisotopic (exact) mass is 271 g/mol. The first-order valence-electron chi connectivity index (χ1n) is 3.13.